The minimum atomic E-state index is -4.77. The van der Waals surface area contributed by atoms with E-state index in [-0.39, 0.29) is 19.4 Å². The number of ether oxygens (including phenoxy) is 2. The summed E-state index contributed by atoms with van der Waals surface area (Å²) in [6.45, 7) is 3.56. The molecule has 0 heterocycles. The molecule has 0 aliphatic rings. The minimum Gasteiger partial charge on any atom is -0.462 e. The van der Waals surface area contributed by atoms with Gasteiger partial charge in [-0.25, -0.2) is 4.57 Å². The molecule has 2 N–H and O–H groups in total. The van der Waals surface area contributed by atoms with Gasteiger partial charge in [-0.1, -0.05) is 197 Å². The van der Waals surface area contributed by atoms with E-state index in [2.05, 4.69) is 79.1 Å². The second kappa shape index (κ2) is 42.4. The van der Waals surface area contributed by atoms with Crippen LogP contribution in [0.15, 0.2) is 60.8 Å². The van der Waals surface area contributed by atoms with Crippen LogP contribution in [0, 0.1) is 0 Å². The van der Waals surface area contributed by atoms with Crippen molar-refractivity contribution in [3.8, 4) is 0 Å². The molecule has 0 fully saturated rings. The molecule has 0 unspecified atom stereocenters. The lowest BCUT2D eigenvalue weighted by Gasteiger charge is -2.18. The fraction of sp³-hybridized carbons (Fsp3) is 0.745. The first kappa shape index (κ1) is 53.8. The monoisotopic (exact) mass is 807 g/mol. The van der Waals surface area contributed by atoms with Crippen LogP contribution >= 0.6 is 7.82 Å². The molecule has 8 nitrogen and oxygen atoms in total. The van der Waals surface area contributed by atoms with Crippen molar-refractivity contribution in [3.05, 3.63) is 60.8 Å². The molecule has 324 valence electrons. The van der Waals surface area contributed by atoms with Gasteiger partial charge in [-0.15, -0.1) is 0 Å². The molecule has 0 aromatic heterocycles. The third kappa shape index (κ3) is 44.5. The van der Waals surface area contributed by atoms with E-state index in [9.17, 15) is 14.2 Å². The zero-order chi connectivity index (χ0) is 41.1. The minimum absolute atomic E-state index is 0.172. The van der Waals surface area contributed by atoms with E-state index in [1.165, 1.54) is 103 Å². The second-order valence-electron chi connectivity index (χ2n) is 15.0. The first-order chi connectivity index (χ1) is 27.3. The zero-order valence-electron chi connectivity index (χ0n) is 35.8. The Morgan fingerprint density at radius 3 is 1.29 bits per heavy atom. The molecule has 0 aliphatic carbocycles. The summed E-state index contributed by atoms with van der Waals surface area (Å²) in [5, 5.41) is 0. The number of rotatable bonds is 41. The molecule has 0 spiro atoms. The third-order valence-corrected chi connectivity index (χ3v) is 10.0. The van der Waals surface area contributed by atoms with E-state index in [1.807, 2.05) is 0 Å². The molecule has 9 heteroatoms. The highest BCUT2D eigenvalue weighted by Gasteiger charge is 2.22. The maximum Gasteiger partial charge on any atom is 0.469 e. The van der Waals surface area contributed by atoms with Crippen molar-refractivity contribution in [2.75, 3.05) is 13.2 Å². The van der Waals surface area contributed by atoms with Gasteiger partial charge in [0.2, 0.25) is 0 Å². The van der Waals surface area contributed by atoms with Gasteiger partial charge in [-0.2, -0.15) is 0 Å². The summed E-state index contributed by atoms with van der Waals surface area (Å²) in [6, 6.07) is 0. The van der Waals surface area contributed by atoms with Gasteiger partial charge in [0.15, 0.2) is 6.10 Å². The molecule has 0 aliphatic heterocycles. The molecule has 0 saturated carbocycles. The standard InChI is InChI=1S/C47H83O8P/c1-3-5-7-9-11-13-15-17-19-21-23-25-27-29-31-33-35-37-39-41-46(48)53-43-45(44-54-56(50,51)52)55-47(49)42-40-38-36-34-32-30-28-26-24-22-20-18-16-14-12-10-8-6-4-2/h6,8,12,14,18,20,24,26,30,32,45H,3-5,7,9-11,13,15-17,19,21-23,25,27-29,31,33-44H2,1-2H3,(H2,50,51,52)/b8-6+,14-12+,20-18+,26-24+,32-30+/t45-/m1/s1. The molecule has 0 aromatic carbocycles. The number of unbranched alkanes of at least 4 members (excludes halogenated alkanes) is 21. The van der Waals surface area contributed by atoms with Gasteiger partial charge in [-0.3, -0.25) is 14.1 Å². The number of allylic oxidation sites excluding steroid dienone is 10. The maximum absolute atomic E-state index is 12.4. The summed E-state index contributed by atoms with van der Waals surface area (Å²) in [7, 11) is -4.77. The van der Waals surface area contributed by atoms with E-state index < -0.39 is 32.5 Å². The fourth-order valence-corrected chi connectivity index (χ4v) is 6.58. The van der Waals surface area contributed by atoms with Crippen LogP contribution in [0.25, 0.3) is 0 Å². The Hall–Kier alpha value is -2.25. The summed E-state index contributed by atoms with van der Waals surface area (Å²) >= 11 is 0. The molecule has 0 saturated heterocycles. The van der Waals surface area contributed by atoms with E-state index in [0.717, 1.165) is 70.6 Å². The van der Waals surface area contributed by atoms with Crippen molar-refractivity contribution in [3.63, 3.8) is 0 Å². The average Bonchev–Trinajstić information content (AvgIpc) is 3.17. The van der Waals surface area contributed by atoms with Crippen LogP contribution in [0.2, 0.25) is 0 Å². The lowest BCUT2D eigenvalue weighted by molar-refractivity contribution is -0.161. The van der Waals surface area contributed by atoms with Crippen molar-refractivity contribution in [1.82, 2.24) is 0 Å². The van der Waals surface area contributed by atoms with Crippen LogP contribution in [0.1, 0.15) is 206 Å². The lowest BCUT2D eigenvalue weighted by Crippen LogP contribution is -2.29. The summed E-state index contributed by atoms with van der Waals surface area (Å²) in [4.78, 5) is 42.9. The Balaban J connectivity index is 3.94. The van der Waals surface area contributed by atoms with Crippen molar-refractivity contribution < 1.29 is 37.9 Å². The number of carbonyl (C=O) groups is 2. The van der Waals surface area contributed by atoms with Gasteiger partial charge in [0.1, 0.15) is 6.61 Å². The SMILES string of the molecule is CC/C=C/C/C=C/C/C=C/C/C=C/C/C=C/CCCCCC(=O)O[C@H](COC(=O)CCCCCCCCCCCCCCCCCCCCC)COP(=O)(O)O. The predicted molar refractivity (Wildman–Crippen MR) is 234 cm³/mol. The Labute approximate surface area is 343 Å². The topological polar surface area (TPSA) is 119 Å². The predicted octanol–water partition coefficient (Wildman–Crippen LogP) is 14.1. The molecule has 0 amide bonds. The van der Waals surface area contributed by atoms with E-state index in [4.69, 9.17) is 19.3 Å². The second-order valence-corrected chi connectivity index (χ2v) is 16.2. The Morgan fingerprint density at radius 1 is 0.482 bits per heavy atom. The van der Waals surface area contributed by atoms with Gasteiger partial charge in [0.25, 0.3) is 0 Å². The van der Waals surface area contributed by atoms with Crippen LogP contribution < -0.4 is 0 Å². The summed E-state index contributed by atoms with van der Waals surface area (Å²) in [6.07, 6.45) is 53.7. The molecule has 0 rings (SSSR count). The number of phosphoric ester groups is 1. The van der Waals surface area contributed by atoms with Crippen molar-refractivity contribution in [2.45, 2.75) is 213 Å². The molecular formula is C47H83O8P. The fourth-order valence-electron chi connectivity index (χ4n) is 6.22. The molecule has 0 aromatic rings. The van der Waals surface area contributed by atoms with Crippen molar-refractivity contribution in [1.29, 1.82) is 0 Å². The quantitative estimate of drug-likeness (QED) is 0.0271. The smallest absolute Gasteiger partial charge is 0.462 e. The van der Waals surface area contributed by atoms with E-state index >= 15 is 0 Å². The molecule has 0 bridgehead atoms. The van der Waals surface area contributed by atoms with Gasteiger partial charge >= 0.3 is 19.8 Å². The Bertz CT molecular complexity index is 1090. The Kier molecular flexibility index (Phi) is 40.7. The summed E-state index contributed by atoms with van der Waals surface area (Å²) < 4.78 is 26.4. The zero-order valence-corrected chi connectivity index (χ0v) is 36.7. The summed E-state index contributed by atoms with van der Waals surface area (Å²) in [5.41, 5.74) is 0. The maximum atomic E-state index is 12.4. The lowest BCUT2D eigenvalue weighted by atomic mass is 10.0. The largest absolute Gasteiger partial charge is 0.469 e. The van der Waals surface area contributed by atoms with E-state index in [0.29, 0.717) is 6.42 Å². The first-order valence-corrected chi connectivity index (χ1v) is 24.1. The number of phosphoric acid groups is 1. The van der Waals surface area contributed by atoms with Gasteiger partial charge in [0, 0.05) is 12.8 Å². The normalized spacial score (nSPS) is 13.0. The highest BCUT2D eigenvalue weighted by Crippen LogP contribution is 2.36. The van der Waals surface area contributed by atoms with Crippen LogP contribution in [-0.4, -0.2) is 41.0 Å². The third-order valence-electron chi connectivity index (χ3n) is 9.55. The number of esters is 2. The molecule has 56 heavy (non-hydrogen) atoms. The van der Waals surface area contributed by atoms with Crippen molar-refractivity contribution >= 4 is 19.8 Å². The van der Waals surface area contributed by atoms with Gasteiger partial charge < -0.3 is 19.3 Å². The van der Waals surface area contributed by atoms with Crippen LogP contribution in [-0.2, 0) is 28.2 Å². The highest BCUT2D eigenvalue weighted by atomic mass is 31.2. The van der Waals surface area contributed by atoms with Gasteiger partial charge in [-0.05, 0) is 57.8 Å². The van der Waals surface area contributed by atoms with Gasteiger partial charge in [0.05, 0.1) is 6.61 Å². The highest BCUT2D eigenvalue weighted by molar-refractivity contribution is 7.46. The molecule has 0 radical (unpaired) electrons. The Morgan fingerprint density at radius 2 is 0.857 bits per heavy atom. The van der Waals surface area contributed by atoms with Crippen LogP contribution in [0.4, 0.5) is 0 Å². The number of hydrogen-bond acceptors (Lipinski definition) is 6. The number of hydrogen-bond donors (Lipinski definition) is 2. The molecular weight excluding hydrogens is 723 g/mol. The van der Waals surface area contributed by atoms with Crippen LogP contribution in [0.3, 0.4) is 0 Å². The van der Waals surface area contributed by atoms with E-state index in [1.54, 1.807) is 0 Å². The molecule has 1 atom stereocenters. The van der Waals surface area contributed by atoms with Crippen molar-refractivity contribution in [2.24, 2.45) is 0 Å². The summed E-state index contributed by atoms with van der Waals surface area (Å²) in [5.74, 6) is -0.918. The first-order valence-electron chi connectivity index (χ1n) is 22.6. The van der Waals surface area contributed by atoms with Crippen LogP contribution in [0.5, 0.6) is 0 Å². The number of carbonyl (C=O) groups excluding carboxylic acids is 2. The average molecular weight is 807 g/mol.